The summed E-state index contributed by atoms with van der Waals surface area (Å²) in [6, 6.07) is 5.29. The van der Waals surface area contributed by atoms with E-state index in [2.05, 4.69) is 10.3 Å². The Balaban J connectivity index is 1.77. The van der Waals surface area contributed by atoms with Crippen LogP contribution in [0.15, 0.2) is 32.8 Å². The van der Waals surface area contributed by atoms with Gasteiger partial charge in [0.25, 0.3) is 0 Å². The Hall–Kier alpha value is -2.67. The van der Waals surface area contributed by atoms with Gasteiger partial charge in [-0.3, -0.25) is 4.79 Å². The molecule has 0 bridgehead atoms. The SMILES string of the molecule is CCc1nc(CNC(=O)Cc2c(C)c3ccc(OC)cc3oc2=O)cs1. The maximum Gasteiger partial charge on any atom is 0.340 e. The summed E-state index contributed by atoms with van der Waals surface area (Å²) in [6.07, 6.45) is 0.849. The topological polar surface area (TPSA) is 81.4 Å². The van der Waals surface area contributed by atoms with Crippen LogP contribution in [-0.4, -0.2) is 18.0 Å². The smallest absolute Gasteiger partial charge is 0.340 e. The second kappa shape index (κ2) is 7.70. The number of hydrogen-bond acceptors (Lipinski definition) is 6. The number of rotatable bonds is 6. The second-order valence-corrected chi connectivity index (χ2v) is 6.84. The number of carbonyl (C=O) groups excluding carboxylic acids is 1. The first-order valence-corrected chi connectivity index (χ1v) is 9.20. The van der Waals surface area contributed by atoms with E-state index in [1.165, 1.54) is 0 Å². The third-order valence-electron chi connectivity index (χ3n) is 4.20. The van der Waals surface area contributed by atoms with Gasteiger partial charge in [0, 0.05) is 16.8 Å². The van der Waals surface area contributed by atoms with Crippen molar-refractivity contribution in [3.05, 3.63) is 55.8 Å². The van der Waals surface area contributed by atoms with Crippen molar-refractivity contribution in [2.75, 3.05) is 7.11 Å². The van der Waals surface area contributed by atoms with E-state index in [1.54, 1.807) is 30.6 Å². The summed E-state index contributed by atoms with van der Waals surface area (Å²) in [5.74, 6) is 0.375. The molecule has 3 aromatic rings. The Morgan fingerprint density at radius 1 is 1.38 bits per heavy atom. The molecule has 3 rings (SSSR count). The minimum Gasteiger partial charge on any atom is -0.497 e. The maximum absolute atomic E-state index is 12.3. The van der Waals surface area contributed by atoms with Gasteiger partial charge in [-0.05, 0) is 31.0 Å². The molecule has 0 atom stereocenters. The van der Waals surface area contributed by atoms with E-state index in [0.29, 0.717) is 23.4 Å². The van der Waals surface area contributed by atoms with Gasteiger partial charge in [0.15, 0.2) is 0 Å². The molecule has 7 heteroatoms. The van der Waals surface area contributed by atoms with Crippen molar-refractivity contribution in [2.24, 2.45) is 0 Å². The zero-order valence-corrected chi connectivity index (χ0v) is 15.7. The quantitative estimate of drug-likeness (QED) is 0.673. The number of hydrogen-bond donors (Lipinski definition) is 1. The number of amides is 1. The fourth-order valence-corrected chi connectivity index (χ4v) is 3.46. The van der Waals surface area contributed by atoms with E-state index in [0.717, 1.165) is 28.1 Å². The minimum atomic E-state index is -0.500. The first kappa shape index (κ1) is 18.1. The largest absolute Gasteiger partial charge is 0.497 e. The highest BCUT2D eigenvalue weighted by molar-refractivity contribution is 7.09. The zero-order valence-electron chi connectivity index (χ0n) is 14.9. The molecule has 6 nitrogen and oxygen atoms in total. The Morgan fingerprint density at radius 2 is 2.19 bits per heavy atom. The average molecular weight is 372 g/mol. The van der Waals surface area contributed by atoms with Crippen LogP contribution in [-0.2, 0) is 24.2 Å². The third-order valence-corrected chi connectivity index (χ3v) is 5.24. The summed E-state index contributed by atoms with van der Waals surface area (Å²) in [4.78, 5) is 29.0. The van der Waals surface area contributed by atoms with Gasteiger partial charge in [-0.1, -0.05) is 6.92 Å². The lowest BCUT2D eigenvalue weighted by Crippen LogP contribution is -2.27. The molecule has 0 fully saturated rings. The van der Waals surface area contributed by atoms with Gasteiger partial charge in [0.05, 0.1) is 36.3 Å². The van der Waals surface area contributed by atoms with Crippen LogP contribution in [0.4, 0.5) is 0 Å². The number of aryl methyl sites for hydroxylation is 2. The molecule has 1 amide bonds. The Kier molecular flexibility index (Phi) is 5.37. The Labute approximate surface area is 154 Å². The number of thiazole rings is 1. The van der Waals surface area contributed by atoms with Crippen LogP contribution in [0.25, 0.3) is 11.0 Å². The molecular weight excluding hydrogens is 352 g/mol. The van der Waals surface area contributed by atoms with Crippen molar-refractivity contribution < 1.29 is 13.9 Å². The molecule has 0 aliphatic rings. The molecule has 0 aliphatic heterocycles. The van der Waals surface area contributed by atoms with Crippen LogP contribution in [0.3, 0.4) is 0 Å². The zero-order chi connectivity index (χ0) is 18.7. The number of nitrogens with zero attached hydrogens (tertiary/aromatic N) is 1. The lowest BCUT2D eigenvalue weighted by atomic mass is 10.0. The van der Waals surface area contributed by atoms with Crippen LogP contribution in [0, 0.1) is 6.92 Å². The van der Waals surface area contributed by atoms with Gasteiger partial charge in [-0.15, -0.1) is 11.3 Å². The maximum atomic E-state index is 12.3. The normalized spacial score (nSPS) is 10.9. The predicted molar refractivity (Wildman–Crippen MR) is 101 cm³/mol. The fourth-order valence-electron chi connectivity index (χ4n) is 2.71. The number of carbonyl (C=O) groups is 1. The van der Waals surface area contributed by atoms with E-state index >= 15 is 0 Å². The molecule has 0 radical (unpaired) electrons. The molecule has 0 saturated carbocycles. The molecule has 136 valence electrons. The van der Waals surface area contributed by atoms with E-state index < -0.39 is 5.63 Å². The second-order valence-electron chi connectivity index (χ2n) is 5.89. The highest BCUT2D eigenvalue weighted by Gasteiger charge is 2.15. The number of fused-ring (bicyclic) bond motifs is 1. The van der Waals surface area contributed by atoms with E-state index in [9.17, 15) is 9.59 Å². The summed E-state index contributed by atoms with van der Waals surface area (Å²) in [5, 5.41) is 6.57. The standard InChI is InChI=1S/C19H20N2O4S/c1-4-18-21-12(10-26-18)9-20-17(22)8-15-11(2)14-6-5-13(24-3)7-16(14)25-19(15)23/h5-7,10H,4,8-9H2,1-3H3,(H,20,22). The first-order chi connectivity index (χ1) is 12.5. The number of nitrogens with one attached hydrogen (secondary N) is 1. The molecule has 0 unspecified atom stereocenters. The van der Waals surface area contributed by atoms with Crippen LogP contribution in [0.5, 0.6) is 5.75 Å². The molecule has 2 aromatic heterocycles. The van der Waals surface area contributed by atoms with Gasteiger partial charge in [0.2, 0.25) is 5.91 Å². The lowest BCUT2D eigenvalue weighted by molar-refractivity contribution is -0.120. The van der Waals surface area contributed by atoms with Gasteiger partial charge in [-0.25, -0.2) is 9.78 Å². The highest BCUT2D eigenvalue weighted by atomic mass is 32.1. The average Bonchev–Trinajstić information content (AvgIpc) is 3.11. The van der Waals surface area contributed by atoms with Crippen molar-refractivity contribution in [1.82, 2.24) is 10.3 Å². The van der Waals surface area contributed by atoms with Crippen molar-refractivity contribution >= 4 is 28.2 Å². The van der Waals surface area contributed by atoms with Crippen molar-refractivity contribution in [3.8, 4) is 5.75 Å². The summed E-state index contributed by atoms with van der Waals surface area (Å²) in [6.45, 7) is 4.21. The van der Waals surface area contributed by atoms with Crippen LogP contribution < -0.4 is 15.7 Å². The Morgan fingerprint density at radius 3 is 2.88 bits per heavy atom. The summed E-state index contributed by atoms with van der Waals surface area (Å²) < 4.78 is 10.5. The van der Waals surface area contributed by atoms with Gasteiger partial charge < -0.3 is 14.5 Å². The molecule has 0 aliphatic carbocycles. The van der Waals surface area contributed by atoms with Crippen LogP contribution >= 0.6 is 11.3 Å². The summed E-state index contributed by atoms with van der Waals surface area (Å²) in [7, 11) is 1.55. The number of benzene rings is 1. The van der Waals surface area contributed by atoms with E-state index in [1.807, 2.05) is 25.3 Å². The molecule has 2 heterocycles. The highest BCUT2D eigenvalue weighted by Crippen LogP contribution is 2.24. The molecule has 1 N–H and O–H groups in total. The van der Waals surface area contributed by atoms with E-state index in [4.69, 9.17) is 9.15 Å². The summed E-state index contributed by atoms with van der Waals surface area (Å²) >= 11 is 1.58. The lowest BCUT2D eigenvalue weighted by Gasteiger charge is -2.09. The summed E-state index contributed by atoms with van der Waals surface area (Å²) in [5.41, 5.74) is 1.89. The van der Waals surface area contributed by atoms with Crippen molar-refractivity contribution in [3.63, 3.8) is 0 Å². The first-order valence-electron chi connectivity index (χ1n) is 8.32. The van der Waals surface area contributed by atoms with Crippen LogP contribution in [0.1, 0.15) is 28.8 Å². The van der Waals surface area contributed by atoms with E-state index in [-0.39, 0.29) is 12.3 Å². The monoisotopic (exact) mass is 372 g/mol. The van der Waals surface area contributed by atoms with Gasteiger partial charge >= 0.3 is 5.63 Å². The molecule has 0 spiro atoms. The fraction of sp³-hybridized carbons (Fsp3) is 0.316. The Bertz CT molecular complexity index is 1010. The van der Waals surface area contributed by atoms with Crippen molar-refractivity contribution in [2.45, 2.75) is 33.2 Å². The predicted octanol–water partition coefficient (Wildman–Crippen LogP) is 2.99. The minimum absolute atomic E-state index is 0.0269. The van der Waals surface area contributed by atoms with Gasteiger partial charge in [0.1, 0.15) is 11.3 Å². The molecular formula is C19H20N2O4S. The number of ether oxygens (including phenoxy) is 1. The van der Waals surface area contributed by atoms with Crippen molar-refractivity contribution in [1.29, 1.82) is 0 Å². The van der Waals surface area contributed by atoms with Gasteiger partial charge in [-0.2, -0.15) is 0 Å². The third kappa shape index (κ3) is 3.77. The number of aromatic nitrogens is 1. The molecule has 0 saturated heterocycles. The van der Waals surface area contributed by atoms with Crippen LogP contribution in [0.2, 0.25) is 0 Å². The molecule has 1 aromatic carbocycles. The molecule has 26 heavy (non-hydrogen) atoms. The number of methoxy groups -OCH3 is 1.